The molecule has 2 aromatic carbocycles. The van der Waals surface area contributed by atoms with E-state index in [1.165, 1.54) is 4.31 Å². The molecule has 0 saturated carbocycles. The number of benzene rings is 2. The molecule has 0 radical (unpaired) electrons. The minimum atomic E-state index is -3.84. The lowest BCUT2D eigenvalue weighted by Gasteiger charge is -2.39. The van der Waals surface area contributed by atoms with E-state index < -0.39 is 25.8 Å². The van der Waals surface area contributed by atoms with Gasteiger partial charge in [0.2, 0.25) is 15.9 Å². The van der Waals surface area contributed by atoms with Crippen LogP contribution in [0.4, 0.5) is 0 Å². The lowest BCUT2D eigenvalue weighted by Crippen LogP contribution is -2.52. The summed E-state index contributed by atoms with van der Waals surface area (Å²) in [6.45, 7) is 0.880. The molecule has 0 bridgehead atoms. The first-order chi connectivity index (χ1) is 15.7. The smallest absolute Gasteiger partial charge is 0.243 e. The number of nitrogens with zero attached hydrogens (tertiary/aromatic N) is 2. The van der Waals surface area contributed by atoms with Crippen LogP contribution in [0.5, 0.6) is 0 Å². The molecule has 2 fully saturated rings. The number of hydrogen-bond acceptors (Lipinski definition) is 6. The first-order valence-electron chi connectivity index (χ1n) is 11.0. The van der Waals surface area contributed by atoms with Gasteiger partial charge in [0.05, 0.1) is 22.3 Å². The van der Waals surface area contributed by atoms with Crippen molar-refractivity contribution >= 4 is 25.8 Å². The van der Waals surface area contributed by atoms with Gasteiger partial charge in [0.1, 0.15) is 0 Å². The number of carbonyl (C=O) groups excluding carboxylic acids is 1. The Hall–Kier alpha value is -2.27. The van der Waals surface area contributed by atoms with Crippen molar-refractivity contribution in [1.29, 1.82) is 0 Å². The van der Waals surface area contributed by atoms with Crippen molar-refractivity contribution in [2.24, 2.45) is 11.7 Å². The normalized spacial score (nSPS) is 23.8. The maximum absolute atomic E-state index is 13.5. The van der Waals surface area contributed by atoms with Gasteiger partial charge in [-0.25, -0.2) is 16.8 Å². The molecule has 0 aromatic heterocycles. The van der Waals surface area contributed by atoms with Crippen LogP contribution in [-0.2, 0) is 31.2 Å². The Morgan fingerprint density at radius 3 is 2.36 bits per heavy atom. The zero-order valence-corrected chi connectivity index (χ0v) is 20.0. The van der Waals surface area contributed by atoms with Crippen LogP contribution >= 0.6 is 0 Å². The molecule has 8 nitrogen and oxygen atoms in total. The molecule has 0 aliphatic carbocycles. The molecule has 0 unspecified atom stereocenters. The Labute approximate surface area is 195 Å². The summed E-state index contributed by atoms with van der Waals surface area (Å²) in [6, 6.07) is 16.2. The van der Waals surface area contributed by atoms with Gasteiger partial charge in [0.15, 0.2) is 9.84 Å². The van der Waals surface area contributed by atoms with Crippen molar-refractivity contribution in [3.8, 4) is 0 Å². The fraction of sp³-hybridized carbons (Fsp3) is 0.435. The molecular formula is C23H29N3O5S2. The number of carbonyl (C=O) groups is 1. The minimum Gasteiger partial charge on any atom is -0.340 e. The van der Waals surface area contributed by atoms with E-state index in [1.54, 1.807) is 29.2 Å². The Kier molecular flexibility index (Phi) is 6.90. The summed E-state index contributed by atoms with van der Waals surface area (Å²) in [4.78, 5) is 15.1. The highest BCUT2D eigenvalue weighted by molar-refractivity contribution is 7.91. The second kappa shape index (κ2) is 9.54. The van der Waals surface area contributed by atoms with Crippen molar-refractivity contribution in [2.75, 3.05) is 37.7 Å². The summed E-state index contributed by atoms with van der Waals surface area (Å²) >= 11 is 0. The lowest BCUT2D eigenvalue weighted by molar-refractivity contribution is -0.136. The largest absolute Gasteiger partial charge is 0.340 e. The summed E-state index contributed by atoms with van der Waals surface area (Å²) < 4.78 is 52.1. The molecule has 4 rings (SSSR count). The third kappa shape index (κ3) is 5.29. The molecule has 2 aliphatic heterocycles. The summed E-state index contributed by atoms with van der Waals surface area (Å²) in [7, 11) is -6.96. The number of piperidine rings is 1. The maximum atomic E-state index is 13.5. The number of sulfonamides is 1. The summed E-state index contributed by atoms with van der Waals surface area (Å²) in [5.74, 6) is -0.975. The maximum Gasteiger partial charge on any atom is 0.243 e. The number of nitrogens with two attached hydrogens (primary N) is 1. The van der Waals surface area contributed by atoms with Crippen LogP contribution in [0.3, 0.4) is 0 Å². The lowest BCUT2D eigenvalue weighted by atomic mass is 9.85. The average molecular weight is 492 g/mol. The Morgan fingerprint density at radius 2 is 1.70 bits per heavy atom. The van der Waals surface area contributed by atoms with E-state index >= 15 is 0 Å². The average Bonchev–Trinajstić information content (AvgIpc) is 2.84. The molecule has 2 atom stereocenters. The van der Waals surface area contributed by atoms with Gasteiger partial charge < -0.3 is 10.6 Å². The van der Waals surface area contributed by atoms with Crippen LogP contribution in [0.2, 0.25) is 0 Å². The number of sulfone groups is 1. The van der Waals surface area contributed by atoms with E-state index in [0.717, 1.165) is 11.1 Å². The highest BCUT2D eigenvalue weighted by Crippen LogP contribution is 2.34. The predicted molar refractivity (Wildman–Crippen MR) is 126 cm³/mol. The number of amides is 1. The van der Waals surface area contributed by atoms with Gasteiger partial charge in [-0.05, 0) is 35.6 Å². The fourth-order valence-corrected chi connectivity index (χ4v) is 7.38. The van der Waals surface area contributed by atoms with Gasteiger partial charge in [-0.15, -0.1) is 0 Å². The molecule has 10 heteroatoms. The van der Waals surface area contributed by atoms with E-state index in [0.29, 0.717) is 6.42 Å². The fourth-order valence-electron chi connectivity index (χ4n) is 4.57. The van der Waals surface area contributed by atoms with E-state index in [9.17, 15) is 21.6 Å². The van der Waals surface area contributed by atoms with Gasteiger partial charge in [-0.1, -0.05) is 42.5 Å². The van der Waals surface area contributed by atoms with Gasteiger partial charge in [0, 0.05) is 32.7 Å². The number of rotatable bonds is 5. The topological polar surface area (TPSA) is 118 Å². The molecule has 2 saturated heterocycles. The molecule has 0 spiro atoms. The monoisotopic (exact) mass is 491 g/mol. The highest BCUT2D eigenvalue weighted by atomic mass is 32.2. The molecule has 2 aromatic rings. The van der Waals surface area contributed by atoms with Crippen LogP contribution in [-0.4, -0.2) is 69.6 Å². The first kappa shape index (κ1) is 23.9. The Morgan fingerprint density at radius 1 is 1.00 bits per heavy atom. The Balaban J connectivity index is 1.63. The molecule has 178 valence electrons. The van der Waals surface area contributed by atoms with Gasteiger partial charge in [-0.2, -0.15) is 4.31 Å². The second-order valence-corrected chi connectivity index (χ2v) is 12.9. The first-order valence-corrected chi connectivity index (χ1v) is 14.3. The van der Waals surface area contributed by atoms with Crippen LogP contribution < -0.4 is 5.73 Å². The van der Waals surface area contributed by atoms with Crippen LogP contribution in [0.25, 0.3) is 0 Å². The zero-order valence-electron chi connectivity index (χ0n) is 18.3. The highest BCUT2D eigenvalue weighted by Gasteiger charge is 2.40. The molecule has 2 N–H and O–H groups in total. The van der Waals surface area contributed by atoms with E-state index in [-0.39, 0.29) is 61.0 Å². The van der Waals surface area contributed by atoms with Gasteiger partial charge in [0.25, 0.3) is 0 Å². The zero-order chi connectivity index (χ0) is 23.6. The molecule has 2 aliphatic rings. The van der Waals surface area contributed by atoms with Crippen molar-refractivity contribution < 1.29 is 21.6 Å². The van der Waals surface area contributed by atoms with Crippen molar-refractivity contribution in [1.82, 2.24) is 9.21 Å². The summed E-state index contributed by atoms with van der Waals surface area (Å²) in [6.07, 6.45) is 0.515. The summed E-state index contributed by atoms with van der Waals surface area (Å²) in [5, 5.41) is 0. The molecule has 1 amide bonds. The van der Waals surface area contributed by atoms with E-state index in [1.807, 2.05) is 30.3 Å². The van der Waals surface area contributed by atoms with Crippen LogP contribution in [0.1, 0.15) is 23.5 Å². The predicted octanol–water partition coefficient (Wildman–Crippen LogP) is 1.20. The standard InChI is InChI=1S/C23H29N3O5S2/c24-15-18-5-4-8-22(13-18)33(30,31)26-16-20(19-6-2-1-3-7-19)14-21(17-26)23(27)25-9-11-32(28,29)12-10-25/h1-8,13,20-21H,9-12,14-17,24H2/t20-,21-/m1/s1. The quantitative estimate of drug-likeness (QED) is 0.672. The van der Waals surface area contributed by atoms with Gasteiger partial charge in [-0.3, -0.25) is 4.79 Å². The third-order valence-electron chi connectivity index (χ3n) is 6.47. The van der Waals surface area contributed by atoms with Gasteiger partial charge >= 0.3 is 0 Å². The molecule has 33 heavy (non-hydrogen) atoms. The Bertz CT molecular complexity index is 1200. The van der Waals surface area contributed by atoms with E-state index in [2.05, 4.69) is 0 Å². The van der Waals surface area contributed by atoms with Crippen LogP contribution in [0, 0.1) is 5.92 Å². The minimum absolute atomic E-state index is 0.0541. The van der Waals surface area contributed by atoms with Crippen molar-refractivity contribution in [2.45, 2.75) is 23.8 Å². The van der Waals surface area contributed by atoms with E-state index in [4.69, 9.17) is 5.73 Å². The molecular weight excluding hydrogens is 462 g/mol. The number of hydrogen-bond donors (Lipinski definition) is 1. The SMILES string of the molecule is NCc1cccc(S(=O)(=O)N2C[C@H](C(=O)N3CCS(=O)(=O)CC3)C[C@@H](c3ccccc3)C2)c1. The second-order valence-electron chi connectivity index (χ2n) is 8.69. The van der Waals surface area contributed by atoms with Crippen molar-refractivity contribution in [3.63, 3.8) is 0 Å². The van der Waals surface area contributed by atoms with Crippen molar-refractivity contribution in [3.05, 3.63) is 65.7 Å². The third-order valence-corrected chi connectivity index (χ3v) is 9.90. The molecule has 2 heterocycles. The summed E-state index contributed by atoms with van der Waals surface area (Å²) in [5.41, 5.74) is 7.40. The van der Waals surface area contributed by atoms with Crippen LogP contribution in [0.15, 0.2) is 59.5 Å².